The Balaban J connectivity index is 1.58. The Labute approximate surface area is 144 Å². The number of benzene rings is 1. The minimum absolute atomic E-state index is 0.219. The van der Waals surface area contributed by atoms with E-state index in [1.54, 1.807) is 10.9 Å². The summed E-state index contributed by atoms with van der Waals surface area (Å²) in [5, 5.41) is 22.5. The smallest absolute Gasteiger partial charge is 0.167 e. The summed E-state index contributed by atoms with van der Waals surface area (Å²) >= 11 is 0. The Morgan fingerprint density at radius 3 is 2.80 bits per heavy atom. The summed E-state index contributed by atoms with van der Waals surface area (Å²) in [5.41, 5.74) is 2.41. The molecule has 3 heterocycles. The number of aliphatic hydroxyl groups is 2. The van der Waals surface area contributed by atoms with Crippen molar-refractivity contribution in [3.05, 3.63) is 48.5 Å². The Hall–Kier alpha value is -2.55. The highest BCUT2D eigenvalue weighted by Crippen LogP contribution is 2.31. The molecular weight excluding hydrogens is 322 g/mol. The van der Waals surface area contributed by atoms with Crippen LogP contribution in [0.3, 0.4) is 0 Å². The van der Waals surface area contributed by atoms with Gasteiger partial charge in [-0.2, -0.15) is 0 Å². The molecule has 3 atom stereocenters. The SMILES string of the molecule is OCC1O[C@@H](n2cnc3c(NCc4ccccc4)ncnc32)C[C@@H]1O. The number of aromatic nitrogens is 4. The Morgan fingerprint density at radius 2 is 2.04 bits per heavy atom. The highest BCUT2D eigenvalue weighted by molar-refractivity contribution is 5.82. The van der Waals surface area contributed by atoms with Crippen LogP contribution in [-0.2, 0) is 11.3 Å². The quantitative estimate of drug-likeness (QED) is 0.638. The van der Waals surface area contributed by atoms with Crippen LogP contribution in [0.4, 0.5) is 5.82 Å². The number of nitrogens with zero attached hydrogens (tertiary/aromatic N) is 4. The zero-order valence-corrected chi connectivity index (χ0v) is 13.5. The van der Waals surface area contributed by atoms with Crippen LogP contribution in [0.5, 0.6) is 0 Å². The van der Waals surface area contributed by atoms with Crippen molar-refractivity contribution in [1.29, 1.82) is 0 Å². The van der Waals surface area contributed by atoms with E-state index in [4.69, 9.17) is 4.74 Å². The van der Waals surface area contributed by atoms with Crippen LogP contribution in [0.25, 0.3) is 11.2 Å². The first kappa shape index (κ1) is 15.9. The van der Waals surface area contributed by atoms with Gasteiger partial charge in [-0.1, -0.05) is 30.3 Å². The maximum atomic E-state index is 9.93. The largest absolute Gasteiger partial charge is 0.394 e. The van der Waals surface area contributed by atoms with E-state index in [0.717, 1.165) is 5.56 Å². The molecule has 3 N–H and O–H groups in total. The van der Waals surface area contributed by atoms with Gasteiger partial charge in [0.15, 0.2) is 17.0 Å². The van der Waals surface area contributed by atoms with Crippen molar-refractivity contribution < 1.29 is 14.9 Å². The zero-order valence-electron chi connectivity index (χ0n) is 13.5. The molecule has 0 amide bonds. The maximum absolute atomic E-state index is 9.93. The Kier molecular flexibility index (Phi) is 4.31. The summed E-state index contributed by atoms with van der Waals surface area (Å²) in [6.45, 7) is 0.411. The number of rotatable bonds is 5. The van der Waals surface area contributed by atoms with E-state index >= 15 is 0 Å². The molecule has 3 aromatic rings. The predicted octanol–water partition coefficient (Wildman–Crippen LogP) is 1.08. The lowest BCUT2D eigenvalue weighted by Crippen LogP contribution is -2.24. The van der Waals surface area contributed by atoms with Gasteiger partial charge in [0.05, 0.1) is 19.0 Å². The average Bonchev–Trinajstić information content (AvgIpc) is 3.24. The molecule has 2 aromatic heterocycles. The van der Waals surface area contributed by atoms with Gasteiger partial charge >= 0.3 is 0 Å². The van der Waals surface area contributed by atoms with Crippen molar-refractivity contribution in [2.45, 2.75) is 31.4 Å². The summed E-state index contributed by atoms with van der Waals surface area (Å²) < 4.78 is 7.45. The van der Waals surface area contributed by atoms with E-state index in [2.05, 4.69) is 20.3 Å². The van der Waals surface area contributed by atoms with E-state index in [1.165, 1.54) is 6.33 Å². The topological polar surface area (TPSA) is 105 Å². The van der Waals surface area contributed by atoms with E-state index in [-0.39, 0.29) is 6.61 Å². The third-order valence-corrected chi connectivity index (χ3v) is 4.36. The zero-order chi connectivity index (χ0) is 17.2. The van der Waals surface area contributed by atoms with E-state index in [1.807, 2.05) is 30.3 Å². The number of anilines is 1. The first-order valence-electron chi connectivity index (χ1n) is 8.16. The van der Waals surface area contributed by atoms with E-state index in [0.29, 0.717) is 29.9 Å². The van der Waals surface area contributed by atoms with Gasteiger partial charge in [0, 0.05) is 13.0 Å². The van der Waals surface area contributed by atoms with Crippen molar-refractivity contribution >= 4 is 17.0 Å². The second kappa shape index (κ2) is 6.75. The molecule has 0 aliphatic carbocycles. The summed E-state index contributed by atoms with van der Waals surface area (Å²) in [6, 6.07) is 10.0. The molecule has 0 spiro atoms. The van der Waals surface area contributed by atoms with Crippen molar-refractivity contribution in [2.75, 3.05) is 11.9 Å². The Bertz CT molecular complexity index is 854. The molecule has 1 aromatic carbocycles. The van der Waals surface area contributed by atoms with Crippen molar-refractivity contribution in [1.82, 2.24) is 19.5 Å². The minimum Gasteiger partial charge on any atom is -0.394 e. The van der Waals surface area contributed by atoms with Crippen LogP contribution in [0.15, 0.2) is 43.0 Å². The fourth-order valence-electron chi connectivity index (χ4n) is 3.02. The maximum Gasteiger partial charge on any atom is 0.167 e. The number of hydrogen-bond acceptors (Lipinski definition) is 7. The molecule has 1 unspecified atom stereocenters. The van der Waals surface area contributed by atoms with Crippen molar-refractivity contribution in [2.24, 2.45) is 0 Å². The lowest BCUT2D eigenvalue weighted by atomic mass is 10.2. The fourth-order valence-corrected chi connectivity index (χ4v) is 3.02. The molecule has 1 fully saturated rings. The molecule has 4 rings (SSSR count). The first-order chi connectivity index (χ1) is 12.3. The highest BCUT2D eigenvalue weighted by Gasteiger charge is 2.35. The first-order valence-corrected chi connectivity index (χ1v) is 8.16. The van der Waals surface area contributed by atoms with Gasteiger partial charge in [-0.05, 0) is 5.56 Å². The fraction of sp³-hybridized carbons (Fsp3) is 0.353. The molecule has 1 aliphatic heterocycles. The van der Waals surface area contributed by atoms with Gasteiger partial charge in [0.1, 0.15) is 18.7 Å². The molecule has 130 valence electrons. The van der Waals surface area contributed by atoms with Crippen LogP contribution in [0.2, 0.25) is 0 Å². The summed E-state index contributed by atoms with van der Waals surface area (Å²) in [6.07, 6.45) is 1.79. The molecule has 0 bridgehead atoms. The van der Waals surface area contributed by atoms with Crippen LogP contribution in [-0.4, -0.2) is 48.5 Å². The molecule has 1 aliphatic rings. The standard InChI is InChI=1S/C17H19N5O3/c23-8-13-12(24)6-14(25-13)22-10-21-15-16(19-9-20-17(15)22)18-7-11-4-2-1-3-5-11/h1-5,9-10,12-14,23-24H,6-8H2,(H,18,19,20)/t12-,13?,14+/m0/s1. The number of nitrogens with one attached hydrogen (secondary N) is 1. The van der Waals surface area contributed by atoms with Gasteiger partial charge in [0.2, 0.25) is 0 Å². The average molecular weight is 341 g/mol. The van der Waals surface area contributed by atoms with Gasteiger partial charge in [-0.3, -0.25) is 4.57 Å². The van der Waals surface area contributed by atoms with Crippen LogP contribution in [0, 0.1) is 0 Å². The number of imidazole rings is 1. The third kappa shape index (κ3) is 3.07. The lowest BCUT2D eigenvalue weighted by Gasteiger charge is -2.13. The Morgan fingerprint density at radius 1 is 1.20 bits per heavy atom. The molecule has 0 radical (unpaired) electrons. The minimum atomic E-state index is -0.704. The predicted molar refractivity (Wildman–Crippen MR) is 90.7 cm³/mol. The van der Waals surface area contributed by atoms with E-state index < -0.39 is 18.4 Å². The molecule has 8 heteroatoms. The lowest BCUT2D eigenvalue weighted by molar-refractivity contribution is -0.0432. The van der Waals surface area contributed by atoms with Crippen molar-refractivity contribution in [3.63, 3.8) is 0 Å². The molecule has 0 saturated carbocycles. The van der Waals surface area contributed by atoms with Gasteiger partial charge in [-0.15, -0.1) is 0 Å². The number of fused-ring (bicyclic) bond motifs is 1. The number of hydrogen-bond donors (Lipinski definition) is 3. The van der Waals surface area contributed by atoms with Crippen LogP contribution < -0.4 is 5.32 Å². The molecule has 25 heavy (non-hydrogen) atoms. The van der Waals surface area contributed by atoms with Gasteiger partial charge in [0.25, 0.3) is 0 Å². The second-order valence-corrected chi connectivity index (χ2v) is 6.00. The van der Waals surface area contributed by atoms with Gasteiger partial charge in [-0.25, -0.2) is 15.0 Å². The number of ether oxygens (including phenoxy) is 1. The molecule has 8 nitrogen and oxygen atoms in total. The number of aliphatic hydroxyl groups excluding tert-OH is 2. The van der Waals surface area contributed by atoms with Gasteiger partial charge < -0.3 is 20.3 Å². The summed E-state index contributed by atoms with van der Waals surface area (Å²) in [5.74, 6) is 0.643. The van der Waals surface area contributed by atoms with E-state index in [9.17, 15) is 10.2 Å². The third-order valence-electron chi connectivity index (χ3n) is 4.36. The molecule has 1 saturated heterocycles. The normalized spacial score (nSPS) is 23.2. The monoisotopic (exact) mass is 341 g/mol. The van der Waals surface area contributed by atoms with Crippen molar-refractivity contribution in [3.8, 4) is 0 Å². The summed E-state index contributed by atoms with van der Waals surface area (Å²) in [7, 11) is 0. The van der Waals surface area contributed by atoms with Crippen LogP contribution >= 0.6 is 0 Å². The van der Waals surface area contributed by atoms with Crippen LogP contribution in [0.1, 0.15) is 18.2 Å². The molecular formula is C17H19N5O3. The highest BCUT2D eigenvalue weighted by atomic mass is 16.5. The second-order valence-electron chi connectivity index (χ2n) is 6.00. The summed E-state index contributed by atoms with van der Waals surface area (Å²) in [4.78, 5) is 13.0.